The van der Waals surface area contributed by atoms with Crippen LogP contribution < -0.4 is 0 Å². The summed E-state index contributed by atoms with van der Waals surface area (Å²) in [4.78, 5) is 16.0. The molecule has 0 bridgehead atoms. The van der Waals surface area contributed by atoms with E-state index in [9.17, 15) is 4.79 Å². The van der Waals surface area contributed by atoms with Gasteiger partial charge in [-0.1, -0.05) is 32.0 Å². The lowest BCUT2D eigenvalue weighted by Gasteiger charge is -2.07. The van der Waals surface area contributed by atoms with Crippen LogP contribution in [0, 0.1) is 5.92 Å². The zero-order valence-corrected chi connectivity index (χ0v) is 8.90. The molecule has 0 aliphatic rings. The third-order valence-electron chi connectivity index (χ3n) is 2.47. The van der Waals surface area contributed by atoms with E-state index in [2.05, 4.69) is 4.98 Å². The molecule has 15 heavy (non-hydrogen) atoms. The Balaban J connectivity index is 2.66. The highest BCUT2D eigenvalue weighted by atomic mass is 16.1. The van der Waals surface area contributed by atoms with Crippen LogP contribution in [0.4, 0.5) is 0 Å². The summed E-state index contributed by atoms with van der Waals surface area (Å²) in [7, 11) is 0. The second-order valence-electron chi connectivity index (χ2n) is 3.92. The van der Waals surface area contributed by atoms with Crippen LogP contribution in [-0.2, 0) is 0 Å². The van der Waals surface area contributed by atoms with Gasteiger partial charge in [0.25, 0.3) is 0 Å². The summed E-state index contributed by atoms with van der Waals surface area (Å²) in [5.41, 5.74) is 0.774. The van der Waals surface area contributed by atoms with Crippen molar-refractivity contribution in [3.8, 4) is 0 Å². The molecule has 0 unspecified atom stereocenters. The summed E-state index contributed by atoms with van der Waals surface area (Å²) in [6, 6.07) is 7.70. The van der Waals surface area contributed by atoms with Crippen LogP contribution in [0.15, 0.2) is 36.7 Å². The maximum absolute atomic E-state index is 11.9. The van der Waals surface area contributed by atoms with Gasteiger partial charge in [-0.15, -0.1) is 0 Å². The molecule has 0 fully saturated rings. The van der Waals surface area contributed by atoms with Gasteiger partial charge < -0.3 is 0 Å². The molecule has 1 aromatic heterocycles. The fourth-order valence-corrected chi connectivity index (χ4v) is 1.64. The number of aromatic nitrogens is 1. The molecule has 1 aromatic carbocycles. The molecule has 76 valence electrons. The van der Waals surface area contributed by atoms with Crippen LogP contribution in [0.3, 0.4) is 0 Å². The first kappa shape index (κ1) is 9.84. The van der Waals surface area contributed by atoms with E-state index in [0.717, 1.165) is 16.3 Å². The number of carbonyl (C=O) groups excluding carboxylic acids is 1. The Hall–Kier alpha value is -1.70. The van der Waals surface area contributed by atoms with Gasteiger partial charge in [0.05, 0.1) is 0 Å². The minimum Gasteiger partial charge on any atom is -0.294 e. The van der Waals surface area contributed by atoms with Crippen molar-refractivity contribution in [2.45, 2.75) is 13.8 Å². The molecular formula is C13H13NO. The number of hydrogen-bond acceptors (Lipinski definition) is 2. The van der Waals surface area contributed by atoms with Gasteiger partial charge in [0, 0.05) is 29.3 Å². The number of pyridine rings is 1. The normalized spacial score (nSPS) is 10.9. The highest BCUT2D eigenvalue weighted by Crippen LogP contribution is 2.20. The number of hydrogen-bond donors (Lipinski definition) is 0. The van der Waals surface area contributed by atoms with E-state index in [4.69, 9.17) is 0 Å². The number of nitrogens with zero attached hydrogens (tertiary/aromatic N) is 1. The van der Waals surface area contributed by atoms with E-state index in [1.54, 1.807) is 12.4 Å². The number of benzene rings is 1. The zero-order chi connectivity index (χ0) is 10.8. The first-order valence-electron chi connectivity index (χ1n) is 5.07. The molecule has 2 heteroatoms. The van der Waals surface area contributed by atoms with Crippen molar-refractivity contribution in [3.63, 3.8) is 0 Å². The van der Waals surface area contributed by atoms with Gasteiger partial charge in [0.15, 0.2) is 5.78 Å². The Morgan fingerprint density at radius 3 is 2.80 bits per heavy atom. The molecule has 0 saturated heterocycles. The van der Waals surface area contributed by atoms with Crippen LogP contribution in [0.1, 0.15) is 24.2 Å². The fourth-order valence-electron chi connectivity index (χ4n) is 1.64. The summed E-state index contributed by atoms with van der Waals surface area (Å²) in [6.07, 6.45) is 3.50. The van der Waals surface area contributed by atoms with E-state index in [-0.39, 0.29) is 11.7 Å². The van der Waals surface area contributed by atoms with Gasteiger partial charge in [0.1, 0.15) is 0 Å². The first-order valence-corrected chi connectivity index (χ1v) is 5.07. The Morgan fingerprint density at radius 1 is 1.27 bits per heavy atom. The summed E-state index contributed by atoms with van der Waals surface area (Å²) >= 11 is 0. The maximum atomic E-state index is 11.9. The Bertz CT molecular complexity index is 497. The lowest BCUT2D eigenvalue weighted by atomic mass is 9.97. The smallest absolute Gasteiger partial charge is 0.166 e. The molecule has 0 radical (unpaired) electrons. The van der Waals surface area contributed by atoms with Crippen molar-refractivity contribution < 1.29 is 4.79 Å². The molecule has 2 aromatic rings. The zero-order valence-electron chi connectivity index (χ0n) is 8.90. The predicted molar refractivity (Wildman–Crippen MR) is 60.9 cm³/mol. The molecule has 0 spiro atoms. The van der Waals surface area contributed by atoms with Crippen molar-refractivity contribution in [1.29, 1.82) is 0 Å². The van der Waals surface area contributed by atoms with Crippen LogP contribution in [-0.4, -0.2) is 10.8 Å². The third kappa shape index (κ3) is 1.75. The van der Waals surface area contributed by atoms with Crippen LogP contribution in [0.2, 0.25) is 0 Å². The second kappa shape index (κ2) is 3.81. The highest BCUT2D eigenvalue weighted by molar-refractivity contribution is 6.08. The summed E-state index contributed by atoms with van der Waals surface area (Å²) in [5.74, 6) is 0.199. The third-order valence-corrected chi connectivity index (χ3v) is 2.47. The molecule has 0 aliphatic carbocycles. The molecule has 0 atom stereocenters. The number of carbonyl (C=O) groups is 1. The first-order chi connectivity index (χ1) is 7.20. The molecular weight excluding hydrogens is 186 g/mol. The molecule has 0 N–H and O–H groups in total. The molecule has 0 saturated carbocycles. The molecule has 2 rings (SSSR count). The van der Waals surface area contributed by atoms with E-state index in [1.165, 1.54) is 0 Å². The molecule has 2 nitrogen and oxygen atoms in total. The van der Waals surface area contributed by atoms with Gasteiger partial charge in [-0.05, 0) is 11.5 Å². The summed E-state index contributed by atoms with van der Waals surface area (Å²) in [5, 5.41) is 2.01. The van der Waals surface area contributed by atoms with Crippen molar-refractivity contribution in [2.75, 3.05) is 0 Å². The van der Waals surface area contributed by atoms with E-state index in [0.29, 0.717) is 0 Å². The van der Waals surface area contributed by atoms with Crippen LogP contribution >= 0.6 is 0 Å². The number of ketones is 1. The van der Waals surface area contributed by atoms with Crippen molar-refractivity contribution >= 4 is 16.6 Å². The van der Waals surface area contributed by atoms with E-state index < -0.39 is 0 Å². The van der Waals surface area contributed by atoms with Crippen molar-refractivity contribution in [1.82, 2.24) is 4.98 Å². The monoisotopic (exact) mass is 199 g/mol. The lowest BCUT2D eigenvalue weighted by Crippen LogP contribution is -2.07. The lowest BCUT2D eigenvalue weighted by molar-refractivity contribution is 0.0941. The van der Waals surface area contributed by atoms with Crippen LogP contribution in [0.5, 0.6) is 0 Å². The van der Waals surface area contributed by atoms with Crippen LogP contribution in [0.25, 0.3) is 10.8 Å². The standard InChI is InChI=1S/C13H13NO/c1-9(2)13(15)11-5-3-4-10-6-7-14-8-12(10)11/h3-9H,1-2H3. The van der Waals surface area contributed by atoms with Gasteiger partial charge in [-0.2, -0.15) is 0 Å². The topological polar surface area (TPSA) is 30.0 Å². The average molecular weight is 199 g/mol. The van der Waals surface area contributed by atoms with Gasteiger partial charge in [0.2, 0.25) is 0 Å². The quantitative estimate of drug-likeness (QED) is 0.696. The van der Waals surface area contributed by atoms with Gasteiger partial charge in [-0.3, -0.25) is 9.78 Å². The van der Waals surface area contributed by atoms with Gasteiger partial charge in [-0.25, -0.2) is 0 Å². The average Bonchev–Trinajstić information content (AvgIpc) is 2.27. The largest absolute Gasteiger partial charge is 0.294 e. The highest BCUT2D eigenvalue weighted by Gasteiger charge is 2.12. The van der Waals surface area contributed by atoms with Crippen molar-refractivity contribution in [3.05, 3.63) is 42.2 Å². The van der Waals surface area contributed by atoms with E-state index in [1.807, 2.05) is 38.1 Å². The molecule has 1 heterocycles. The van der Waals surface area contributed by atoms with Gasteiger partial charge >= 0.3 is 0 Å². The Labute approximate surface area is 89.0 Å². The SMILES string of the molecule is CC(C)C(=O)c1cccc2ccncc12. The number of Topliss-reactive ketones (excluding diaryl/α,β-unsaturated/α-hetero) is 1. The second-order valence-corrected chi connectivity index (χ2v) is 3.92. The minimum atomic E-state index is 0.0239. The summed E-state index contributed by atoms with van der Waals surface area (Å²) < 4.78 is 0. The Kier molecular flexibility index (Phi) is 2.50. The summed E-state index contributed by atoms with van der Waals surface area (Å²) in [6.45, 7) is 3.83. The molecule has 0 amide bonds. The van der Waals surface area contributed by atoms with E-state index >= 15 is 0 Å². The number of rotatable bonds is 2. The Morgan fingerprint density at radius 2 is 2.07 bits per heavy atom. The maximum Gasteiger partial charge on any atom is 0.166 e. The number of fused-ring (bicyclic) bond motifs is 1. The van der Waals surface area contributed by atoms with Crippen molar-refractivity contribution in [2.24, 2.45) is 5.92 Å². The predicted octanol–water partition coefficient (Wildman–Crippen LogP) is 3.07. The minimum absolute atomic E-state index is 0.0239. The molecule has 0 aliphatic heterocycles. The fraction of sp³-hybridized carbons (Fsp3) is 0.231.